The van der Waals surface area contributed by atoms with Crippen LogP contribution in [-0.2, 0) is 4.43 Å². The van der Waals surface area contributed by atoms with E-state index >= 15 is 0 Å². The van der Waals surface area contributed by atoms with E-state index in [1.807, 2.05) is 0 Å². The Morgan fingerprint density at radius 2 is 1.63 bits per heavy atom. The molecule has 1 N–H and O–H groups in total. The van der Waals surface area contributed by atoms with Gasteiger partial charge in [-0.25, -0.2) is 8.78 Å². The Balaban J connectivity index is 2.23. The summed E-state index contributed by atoms with van der Waals surface area (Å²) in [5, 5.41) is 3.76. The van der Waals surface area contributed by atoms with E-state index in [0.717, 1.165) is 31.0 Å². The van der Waals surface area contributed by atoms with Gasteiger partial charge in [0.05, 0.1) is 16.1 Å². The van der Waals surface area contributed by atoms with Crippen molar-refractivity contribution in [2.24, 2.45) is 0 Å². The Morgan fingerprint density at radius 1 is 1.11 bits per heavy atom. The maximum atomic E-state index is 14.7. The fraction of sp³-hybridized carbons (Fsp3) is 0.700. The van der Waals surface area contributed by atoms with Crippen LogP contribution < -0.4 is 5.32 Å². The fourth-order valence-electron chi connectivity index (χ4n) is 3.98. The molecular weight excluding hydrogens is 407 g/mol. The zero-order chi connectivity index (χ0) is 20.1. The summed E-state index contributed by atoms with van der Waals surface area (Å²) in [6.07, 6.45) is 2.65. The van der Waals surface area contributed by atoms with Gasteiger partial charge in [0.15, 0.2) is 8.32 Å². The molecule has 0 amide bonds. The summed E-state index contributed by atoms with van der Waals surface area (Å²) in [6, 6.07) is 5.44. The van der Waals surface area contributed by atoms with Gasteiger partial charge in [0.1, 0.15) is 11.5 Å². The Kier molecular flexibility index (Phi) is 8.56. The largest absolute Gasteiger partial charge is 0.409 e. The molecule has 0 radical (unpaired) electrons. The number of hydrogen-bond acceptors (Lipinski definition) is 2. The predicted molar refractivity (Wildman–Crippen MR) is 113 cm³/mol. The van der Waals surface area contributed by atoms with E-state index in [0.29, 0.717) is 31.5 Å². The molecule has 0 spiro atoms. The summed E-state index contributed by atoms with van der Waals surface area (Å²) in [5.74, 6) is -0.473. The Hall–Kier alpha value is -0.203. The smallest absolute Gasteiger partial charge is 0.192 e. The SMILES string of the molecule is CC[Si](CC)(CC)OC(CNCC1(F)CCCC1)c1c(Cl)cc(F)cc1Cl. The average Bonchev–Trinajstić information content (AvgIpc) is 3.05. The van der Waals surface area contributed by atoms with Gasteiger partial charge in [-0.05, 0) is 43.1 Å². The minimum atomic E-state index is -1.97. The van der Waals surface area contributed by atoms with Crippen molar-refractivity contribution in [2.75, 3.05) is 13.1 Å². The minimum Gasteiger partial charge on any atom is -0.409 e. The summed E-state index contributed by atoms with van der Waals surface area (Å²) < 4.78 is 35.0. The average molecular weight is 438 g/mol. The normalized spacial score (nSPS) is 18.0. The molecule has 7 heteroatoms. The lowest BCUT2D eigenvalue weighted by molar-refractivity contribution is 0.146. The van der Waals surface area contributed by atoms with E-state index < -0.39 is 25.9 Å². The summed E-state index contributed by atoms with van der Waals surface area (Å²) >= 11 is 12.7. The standard InChI is InChI=1S/C20H31Cl2F2NOSi/c1-4-27(5-2,6-3)26-18(13-25-14-20(24)9-7-8-10-20)19-16(21)11-15(23)12-17(19)22/h11-12,18,25H,4-10,13-14H2,1-3H3. The van der Waals surface area contributed by atoms with E-state index in [9.17, 15) is 8.78 Å². The Labute approximate surface area is 173 Å². The van der Waals surface area contributed by atoms with Crippen molar-refractivity contribution in [3.05, 3.63) is 33.6 Å². The molecule has 0 aliphatic heterocycles. The highest BCUT2D eigenvalue weighted by Gasteiger charge is 2.36. The Morgan fingerprint density at radius 3 is 2.11 bits per heavy atom. The van der Waals surface area contributed by atoms with Crippen molar-refractivity contribution in [1.29, 1.82) is 0 Å². The first-order valence-electron chi connectivity index (χ1n) is 10.00. The second-order valence-electron chi connectivity index (χ2n) is 7.62. The van der Waals surface area contributed by atoms with Crippen LogP contribution in [0.3, 0.4) is 0 Å². The van der Waals surface area contributed by atoms with Crippen LogP contribution in [0.15, 0.2) is 12.1 Å². The van der Waals surface area contributed by atoms with Crippen LogP contribution in [0, 0.1) is 5.82 Å². The third-order valence-corrected chi connectivity index (χ3v) is 11.2. The highest BCUT2D eigenvalue weighted by atomic mass is 35.5. The van der Waals surface area contributed by atoms with Gasteiger partial charge in [-0.15, -0.1) is 0 Å². The van der Waals surface area contributed by atoms with Crippen LogP contribution in [0.5, 0.6) is 0 Å². The first-order valence-corrected chi connectivity index (χ1v) is 13.3. The van der Waals surface area contributed by atoms with Gasteiger partial charge in [-0.3, -0.25) is 0 Å². The van der Waals surface area contributed by atoms with E-state index in [-0.39, 0.29) is 10.0 Å². The van der Waals surface area contributed by atoms with Crippen LogP contribution in [0.25, 0.3) is 0 Å². The van der Waals surface area contributed by atoms with Crippen LogP contribution in [-0.4, -0.2) is 27.1 Å². The predicted octanol–water partition coefficient (Wildman–Crippen LogP) is 7.07. The lowest BCUT2D eigenvalue weighted by Gasteiger charge is -2.35. The molecule has 1 aromatic carbocycles. The molecular formula is C20H31Cl2F2NOSi. The Bertz CT molecular complexity index is 591. The number of halogens is 4. The zero-order valence-electron chi connectivity index (χ0n) is 16.5. The summed E-state index contributed by atoms with van der Waals surface area (Å²) in [4.78, 5) is 0. The maximum Gasteiger partial charge on any atom is 0.192 e. The molecule has 1 saturated carbocycles. The highest BCUT2D eigenvalue weighted by molar-refractivity contribution is 6.73. The number of nitrogens with one attached hydrogen (secondary N) is 1. The van der Waals surface area contributed by atoms with Gasteiger partial charge in [-0.2, -0.15) is 0 Å². The molecule has 27 heavy (non-hydrogen) atoms. The first-order chi connectivity index (χ1) is 12.8. The molecule has 2 nitrogen and oxygen atoms in total. The van der Waals surface area contributed by atoms with Crippen LogP contribution in [0.1, 0.15) is 58.1 Å². The van der Waals surface area contributed by atoms with Crippen molar-refractivity contribution in [1.82, 2.24) is 5.32 Å². The molecule has 1 fully saturated rings. The molecule has 0 saturated heterocycles. The van der Waals surface area contributed by atoms with Crippen LogP contribution in [0.4, 0.5) is 8.78 Å². The van der Waals surface area contributed by atoms with E-state index in [1.165, 1.54) is 12.1 Å². The number of benzene rings is 1. The van der Waals surface area contributed by atoms with E-state index in [1.54, 1.807) is 0 Å². The number of hydrogen-bond donors (Lipinski definition) is 1. The lowest BCUT2D eigenvalue weighted by Crippen LogP contribution is -2.42. The van der Waals surface area contributed by atoms with E-state index in [2.05, 4.69) is 26.1 Å². The molecule has 1 unspecified atom stereocenters. The summed E-state index contributed by atoms with van der Waals surface area (Å²) in [5.41, 5.74) is -0.547. The van der Waals surface area contributed by atoms with Gasteiger partial charge < -0.3 is 9.74 Å². The fourth-order valence-corrected chi connectivity index (χ4v) is 7.49. The quantitative estimate of drug-likeness (QED) is 0.395. The number of alkyl halides is 1. The lowest BCUT2D eigenvalue weighted by atomic mass is 10.0. The number of rotatable bonds is 10. The molecule has 2 rings (SSSR count). The van der Waals surface area contributed by atoms with E-state index in [4.69, 9.17) is 27.6 Å². The zero-order valence-corrected chi connectivity index (χ0v) is 19.0. The third kappa shape index (κ3) is 5.89. The molecule has 0 aromatic heterocycles. The summed E-state index contributed by atoms with van der Waals surface area (Å²) in [6.45, 7) is 7.14. The summed E-state index contributed by atoms with van der Waals surface area (Å²) in [7, 11) is -1.97. The molecule has 154 valence electrons. The van der Waals surface area contributed by atoms with Gasteiger partial charge in [0.2, 0.25) is 0 Å². The van der Waals surface area contributed by atoms with Crippen LogP contribution >= 0.6 is 23.2 Å². The molecule has 1 aromatic rings. The van der Waals surface area contributed by atoms with Gasteiger partial charge >= 0.3 is 0 Å². The third-order valence-electron chi connectivity index (χ3n) is 5.96. The van der Waals surface area contributed by atoms with Gasteiger partial charge in [0, 0.05) is 18.7 Å². The van der Waals surface area contributed by atoms with Gasteiger partial charge in [-0.1, -0.05) is 56.8 Å². The molecule has 1 atom stereocenters. The highest BCUT2D eigenvalue weighted by Crippen LogP contribution is 2.38. The topological polar surface area (TPSA) is 21.3 Å². The van der Waals surface area contributed by atoms with Crippen LogP contribution in [0.2, 0.25) is 28.2 Å². The molecule has 1 aliphatic rings. The van der Waals surface area contributed by atoms with Gasteiger partial charge in [0.25, 0.3) is 0 Å². The second kappa shape index (κ2) is 10.0. The molecule has 0 bridgehead atoms. The second-order valence-corrected chi connectivity index (χ2v) is 13.2. The van der Waals surface area contributed by atoms with Crippen molar-refractivity contribution >= 4 is 31.5 Å². The van der Waals surface area contributed by atoms with Crippen molar-refractivity contribution in [3.8, 4) is 0 Å². The van der Waals surface area contributed by atoms with Crippen molar-refractivity contribution in [3.63, 3.8) is 0 Å². The minimum absolute atomic E-state index is 0.258. The first kappa shape index (κ1) is 23.1. The molecule has 0 heterocycles. The maximum absolute atomic E-state index is 14.7. The van der Waals surface area contributed by atoms with Crippen molar-refractivity contribution in [2.45, 2.75) is 76.4 Å². The monoisotopic (exact) mass is 437 g/mol. The van der Waals surface area contributed by atoms with Crippen molar-refractivity contribution < 1.29 is 13.2 Å². The molecule has 1 aliphatic carbocycles.